The standard InChI is InChI=1S/C16H21ClN2O5S/c1-10-4-3-5-11(2)19(10)15(20)9-24-16(21)12-6-7-13(17)14(8-12)25(18,22)23/h6-8,10-11H,3-5,9H2,1-2H3,(H2,18,22,23)/t10-,11+. The van der Waals surface area contributed by atoms with Gasteiger partial charge in [-0.1, -0.05) is 11.6 Å². The Bertz CT molecular complexity index is 771. The van der Waals surface area contributed by atoms with Crippen LogP contribution in [0.25, 0.3) is 0 Å². The predicted molar refractivity (Wildman–Crippen MR) is 92.7 cm³/mol. The number of primary sulfonamides is 1. The average Bonchev–Trinajstić information content (AvgIpc) is 2.51. The molecule has 1 fully saturated rings. The summed E-state index contributed by atoms with van der Waals surface area (Å²) in [5, 5.41) is 4.96. The summed E-state index contributed by atoms with van der Waals surface area (Å²) in [5.74, 6) is -1.08. The van der Waals surface area contributed by atoms with Gasteiger partial charge in [-0.25, -0.2) is 18.4 Å². The van der Waals surface area contributed by atoms with Crippen LogP contribution in [0, 0.1) is 0 Å². The first kappa shape index (κ1) is 19.7. The molecule has 9 heteroatoms. The second-order valence-corrected chi connectivity index (χ2v) is 8.13. The molecule has 1 saturated heterocycles. The number of likely N-dealkylation sites (tertiary alicyclic amines) is 1. The molecule has 0 radical (unpaired) electrons. The molecule has 2 rings (SSSR count). The van der Waals surface area contributed by atoms with Crippen LogP contribution in [0.5, 0.6) is 0 Å². The molecule has 25 heavy (non-hydrogen) atoms. The summed E-state index contributed by atoms with van der Waals surface area (Å²) < 4.78 is 27.9. The SMILES string of the molecule is C[C@@H]1CCC[C@H](C)N1C(=O)COC(=O)c1ccc(Cl)c(S(N)(=O)=O)c1. The number of nitrogens with zero attached hydrogens (tertiary/aromatic N) is 1. The van der Waals surface area contributed by atoms with Crippen molar-refractivity contribution in [2.45, 2.75) is 50.1 Å². The van der Waals surface area contributed by atoms with Gasteiger partial charge in [-0.15, -0.1) is 0 Å². The number of hydrogen-bond acceptors (Lipinski definition) is 5. The summed E-state index contributed by atoms with van der Waals surface area (Å²) in [5.41, 5.74) is -0.0408. The maximum Gasteiger partial charge on any atom is 0.338 e. The molecular formula is C16H21ClN2O5S. The molecule has 2 N–H and O–H groups in total. The highest BCUT2D eigenvalue weighted by Crippen LogP contribution is 2.23. The summed E-state index contributed by atoms with van der Waals surface area (Å²) in [6.45, 7) is 3.53. The lowest BCUT2D eigenvalue weighted by Gasteiger charge is -2.38. The molecule has 1 aliphatic heterocycles. The Balaban J connectivity index is 2.06. The fraction of sp³-hybridized carbons (Fsp3) is 0.500. The van der Waals surface area contributed by atoms with Crippen molar-refractivity contribution in [1.82, 2.24) is 4.90 Å². The number of ether oxygens (including phenoxy) is 1. The van der Waals surface area contributed by atoms with Crippen LogP contribution < -0.4 is 5.14 Å². The zero-order chi connectivity index (χ0) is 18.8. The van der Waals surface area contributed by atoms with Gasteiger partial charge in [0.25, 0.3) is 5.91 Å². The Hall–Kier alpha value is -1.64. The highest BCUT2D eigenvalue weighted by atomic mass is 35.5. The Morgan fingerprint density at radius 2 is 1.88 bits per heavy atom. The third kappa shape index (κ3) is 4.71. The molecule has 0 aromatic heterocycles. The highest BCUT2D eigenvalue weighted by molar-refractivity contribution is 7.89. The average molecular weight is 389 g/mol. The first-order chi connectivity index (χ1) is 11.6. The molecule has 2 atom stereocenters. The summed E-state index contributed by atoms with van der Waals surface area (Å²) in [7, 11) is -4.07. The molecular weight excluding hydrogens is 368 g/mol. The molecule has 1 aliphatic rings. The molecule has 1 aromatic rings. The van der Waals surface area contributed by atoms with Crippen LogP contribution in [0.1, 0.15) is 43.5 Å². The minimum absolute atomic E-state index is 0.0408. The molecule has 138 valence electrons. The highest BCUT2D eigenvalue weighted by Gasteiger charge is 2.29. The second-order valence-electron chi connectivity index (χ2n) is 6.20. The molecule has 7 nitrogen and oxygen atoms in total. The van der Waals surface area contributed by atoms with Crippen LogP contribution in [-0.4, -0.2) is 43.9 Å². The lowest BCUT2D eigenvalue weighted by Crippen LogP contribution is -2.49. The molecule has 0 saturated carbocycles. The third-order valence-electron chi connectivity index (χ3n) is 4.28. The van der Waals surface area contributed by atoms with Crippen LogP contribution >= 0.6 is 11.6 Å². The van der Waals surface area contributed by atoms with Crippen molar-refractivity contribution in [2.24, 2.45) is 5.14 Å². The molecule has 1 amide bonds. The summed E-state index contributed by atoms with van der Waals surface area (Å²) in [6.07, 6.45) is 2.89. The molecule has 1 heterocycles. The molecule has 0 aliphatic carbocycles. The minimum atomic E-state index is -4.07. The van der Waals surface area contributed by atoms with E-state index in [-0.39, 0.29) is 33.5 Å². The maximum atomic E-state index is 12.3. The first-order valence-electron chi connectivity index (χ1n) is 7.92. The minimum Gasteiger partial charge on any atom is -0.452 e. The van der Waals surface area contributed by atoms with Crippen molar-refractivity contribution in [2.75, 3.05) is 6.61 Å². The van der Waals surface area contributed by atoms with Crippen molar-refractivity contribution < 1.29 is 22.7 Å². The van der Waals surface area contributed by atoms with Crippen molar-refractivity contribution in [3.63, 3.8) is 0 Å². The van der Waals surface area contributed by atoms with E-state index >= 15 is 0 Å². The van der Waals surface area contributed by atoms with Crippen molar-refractivity contribution in [3.8, 4) is 0 Å². The predicted octanol–water partition coefficient (Wildman–Crippen LogP) is 1.93. The van der Waals surface area contributed by atoms with Crippen LogP contribution in [0.15, 0.2) is 23.1 Å². The third-order valence-corrected chi connectivity index (χ3v) is 5.67. The largest absolute Gasteiger partial charge is 0.452 e. The lowest BCUT2D eigenvalue weighted by atomic mass is 9.97. The van der Waals surface area contributed by atoms with Gasteiger partial charge >= 0.3 is 5.97 Å². The number of nitrogens with two attached hydrogens (primary N) is 1. The number of carbonyl (C=O) groups excluding carboxylic acids is 2. The summed E-state index contributed by atoms with van der Waals surface area (Å²) in [6, 6.07) is 3.79. The van der Waals surface area contributed by atoms with Gasteiger partial charge in [0.1, 0.15) is 4.90 Å². The quantitative estimate of drug-likeness (QED) is 0.793. The number of hydrogen-bond donors (Lipinski definition) is 1. The monoisotopic (exact) mass is 388 g/mol. The van der Waals surface area contributed by atoms with Gasteiger partial charge in [0.2, 0.25) is 10.0 Å². The first-order valence-corrected chi connectivity index (χ1v) is 9.84. The van der Waals surface area contributed by atoms with E-state index in [0.717, 1.165) is 25.3 Å². The van der Waals surface area contributed by atoms with Gasteiger partial charge in [0.15, 0.2) is 6.61 Å². The Labute approximate surface area is 152 Å². The van der Waals surface area contributed by atoms with Gasteiger partial charge in [0.05, 0.1) is 10.6 Å². The van der Waals surface area contributed by atoms with E-state index in [1.165, 1.54) is 12.1 Å². The Morgan fingerprint density at radius 1 is 1.28 bits per heavy atom. The van der Waals surface area contributed by atoms with Crippen LogP contribution in [0.4, 0.5) is 0 Å². The van der Waals surface area contributed by atoms with E-state index in [1.807, 2.05) is 13.8 Å². The van der Waals surface area contributed by atoms with Gasteiger partial charge in [-0.3, -0.25) is 4.79 Å². The van der Waals surface area contributed by atoms with E-state index < -0.39 is 22.6 Å². The van der Waals surface area contributed by atoms with Crippen molar-refractivity contribution >= 4 is 33.5 Å². The van der Waals surface area contributed by atoms with Crippen LogP contribution in [-0.2, 0) is 19.6 Å². The van der Waals surface area contributed by atoms with E-state index in [9.17, 15) is 18.0 Å². The van der Waals surface area contributed by atoms with Gasteiger partial charge < -0.3 is 9.64 Å². The number of esters is 1. The van der Waals surface area contributed by atoms with E-state index in [0.29, 0.717) is 0 Å². The van der Waals surface area contributed by atoms with E-state index in [4.69, 9.17) is 21.5 Å². The fourth-order valence-electron chi connectivity index (χ4n) is 3.05. The van der Waals surface area contributed by atoms with Crippen LogP contribution in [0.2, 0.25) is 5.02 Å². The van der Waals surface area contributed by atoms with Gasteiger partial charge in [-0.05, 0) is 51.3 Å². The number of halogens is 1. The number of sulfonamides is 1. The fourth-order valence-corrected chi connectivity index (χ4v) is 4.12. The van der Waals surface area contributed by atoms with Crippen molar-refractivity contribution in [3.05, 3.63) is 28.8 Å². The van der Waals surface area contributed by atoms with E-state index in [2.05, 4.69) is 0 Å². The smallest absolute Gasteiger partial charge is 0.338 e. The zero-order valence-electron chi connectivity index (χ0n) is 14.1. The van der Waals surface area contributed by atoms with Gasteiger partial charge in [0, 0.05) is 12.1 Å². The Kier molecular flexibility index (Phi) is 6.08. The summed E-state index contributed by atoms with van der Waals surface area (Å²) in [4.78, 5) is 25.8. The molecule has 0 spiro atoms. The lowest BCUT2D eigenvalue weighted by molar-refractivity contribution is -0.140. The zero-order valence-corrected chi connectivity index (χ0v) is 15.6. The number of rotatable bonds is 4. The second kappa shape index (κ2) is 7.72. The Morgan fingerprint density at radius 3 is 2.44 bits per heavy atom. The number of amides is 1. The molecule has 0 bridgehead atoms. The summed E-state index contributed by atoms with van der Waals surface area (Å²) >= 11 is 5.77. The molecule has 0 unspecified atom stereocenters. The van der Waals surface area contributed by atoms with E-state index in [1.54, 1.807) is 4.90 Å². The topological polar surface area (TPSA) is 107 Å². The van der Waals surface area contributed by atoms with Gasteiger partial charge in [-0.2, -0.15) is 0 Å². The molecule has 1 aromatic carbocycles. The van der Waals surface area contributed by atoms with Crippen LogP contribution in [0.3, 0.4) is 0 Å². The number of piperidine rings is 1. The number of carbonyl (C=O) groups is 2. The van der Waals surface area contributed by atoms with Crippen molar-refractivity contribution in [1.29, 1.82) is 0 Å². The maximum absolute atomic E-state index is 12.3. The number of benzene rings is 1. The normalized spacial score (nSPS) is 21.0.